The zero-order chi connectivity index (χ0) is 14.1. The van der Waals surface area contributed by atoms with Gasteiger partial charge >= 0.3 is 0 Å². The van der Waals surface area contributed by atoms with Crippen molar-refractivity contribution >= 4 is 52.2 Å². The Morgan fingerprint density at radius 1 is 1.30 bits per heavy atom. The van der Waals surface area contributed by atoms with Crippen molar-refractivity contribution in [2.45, 2.75) is 0 Å². The third-order valence-corrected chi connectivity index (χ3v) is 3.48. The average molecular weight is 326 g/mol. The summed E-state index contributed by atoms with van der Waals surface area (Å²) in [4.78, 5) is 11.5. The first-order valence-corrected chi connectivity index (χ1v) is 6.68. The highest BCUT2D eigenvalue weighted by Gasteiger charge is 2.04. The van der Waals surface area contributed by atoms with Crippen LogP contribution in [0.25, 0.3) is 11.0 Å². The van der Waals surface area contributed by atoms with Crippen LogP contribution < -0.4 is 5.46 Å². The van der Waals surface area contributed by atoms with Gasteiger partial charge in [0, 0.05) is 11.8 Å². The molecule has 0 bridgehead atoms. The Hall–Kier alpha value is -2.08. The van der Waals surface area contributed by atoms with Crippen molar-refractivity contribution in [3.8, 4) is 5.75 Å². The summed E-state index contributed by atoms with van der Waals surface area (Å²) >= 11 is 3.25. The van der Waals surface area contributed by atoms with Crippen LogP contribution in [-0.4, -0.2) is 29.1 Å². The fourth-order valence-corrected chi connectivity index (χ4v) is 2.38. The summed E-state index contributed by atoms with van der Waals surface area (Å²) in [5, 5.41) is 9.93. The number of aromatic amines is 1. The van der Waals surface area contributed by atoms with Gasteiger partial charge in [0.1, 0.15) is 13.6 Å². The van der Waals surface area contributed by atoms with Crippen LogP contribution in [0.5, 0.6) is 5.75 Å². The molecule has 0 aliphatic carbocycles. The van der Waals surface area contributed by atoms with E-state index in [0.717, 1.165) is 16.7 Å². The molecule has 0 fully saturated rings. The molecule has 6 heteroatoms. The average Bonchev–Trinajstić information content (AvgIpc) is 2.88. The number of phenolic OH excluding ortho intramolecular Hbond substituents is 1. The highest BCUT2D eigenvalue weighted by molar-refractivity contribution is 9.10. The van der Waals surface area contributed by atoms with Gasteiger partial charge in [-0.1, -0.05) is 17.6 Å². The Morgan fingerprint density at radius 3 is 3.00 bits per heavy atom. The Balaban J connectivity index is 1.97. The van der Waals surface area contributed by atoms with Crippen LogP contribution in [0.4, 0.5) is 5.69 Å². The van der Waals surface area contributed by atoms with Crippen LogP contribution in [0, 0.1) is 0 Å². The van der Waals surface area contributed by atoms with E-state index in [9.17, 15) is 5.11 Å². The van der Waals surface area contributed by atoms with E-state index in [1.807, 2.05) is 18.2 Å². The van der Waals surface area contributed by atoms with Crippen molar-refractivity contribution in [1.29, 1.82) is 0 Å². The van der Waals surface area contributed by atoms with Crippen molar-refractivity contribution in [3.63, 3.8) is 0 Å². The largest absolute Gasteiger partial charge is 0.506 e. The number of hydrogen-bond acceptors (Lipinski definition) is 3. The van der Waals surface area contributed by atoms with Gasteiger partial charge in [-0.25, -0.2) is 4.98 Å². The molecule has 0 saturated carbocycles. The van der Waals surface area contributed by atoms with Crippen molar-refractivity contribution in [2.24, 2.45) is 4.99 Å². The van der Waals surface area contributed by atoms with Gasteiger partial charge in [-0.15, -0.1) is 0 Å². The topological polar surface area (TPSA) is 61.3 Å². The number of phenols is 1. The van der Waals surface area contributed by atoms with Crippen molar-refractivity contribution < 1.29 is 5.11 Å². The molecule has 1 aromatic heterocycles. The Morgan fingerprint density at radius 2 is 2.15 bits per heavy atom. The van der Waals surface area contributed by atoms with E-state index in [4.69, 9.17) is 7.85 Å². The zero-order valence-electron chi connectivity index (χ0n) is 10.3. The molecule has 20 heavy (non-hydrogen) atoms. The summed E-state index contributed by atoms with van der Waals surface area (Å²) in [6.07, 6.45) is 3.22. The van der Waals surface area contributed by atoms with Crippen molar-refractivity contribution in [2.75, 3.05) is 0 Å². The number of imidazole rings is 1. The van der Waals surface area contributed by atoms with Gasteiger partial charge in [-0.2, -0.15) is 0 Å². The molecule has 0 atom stereocenters. The first kappa shape index (κ1) is 12.9. The van der Waals surface area contributed by atoms with Crippen LogP contribution in [0.3, 0.4) is 0 Å². The van der Waals surface area contributed by atoms with Crippen LogP contribution in [-0.2, 0) is 0 Å². The fourth-order valence-electron chi connectivity index (χ4n) is 1.89. The number of benzene rings is 2. The second-order valence-corrected chi connectivity index (χ2v) is 5.16. The van der Waals surface area contributed by atoms with Crippen LogP contribution in [0.15, 0.2) is 46.1 Å². The van der Waals surface area contributed by atoms with E-state index < -0.39 is 0 Å². The highest BCUT2D eigenvalue weighted by Crippen LogP contribution is 2.26. The number of halogens is 1. The normalized spacial score (nSPS) is 11.4. The molecule has 2 N–H and O–H groups in total. The first-order chi connectivity index (χ1) is 9.63. The van der Waals surface area contributed by atoms with Crippen LogP contribution >= 0.6 is 15.9 Å². The molecule has 0 amide bonds. The molecule has 2 aromatic carbocycles. The number of H-pyrrole nitrogens is 1. The number of rotatable bonds is 2. The monoisotopic (exact) mass is 325 g/mol. The molecule has 0 unspecified atom stereocenters. The molecule has 0 spiro atoms. The van der Waals surface area contributed by atoms with Gasteiger partial charge < -0.3 is 10.1 Å². The fraction of sp³-hybridized carbons (Fsp3) is 0. The van der Waals surface area contributed by atoms with Gasteiger partial charge in [0.2, 0.25) is 0 Å². The number of nitrogens with zero attached hydrogens (tertiary/aromatic N) is 2. The SMILES string of the molecule is [B]c1cc(Br)c(O)c(C=Nc2ccc3nc[nH]c3c2)c1. The van der Waals surface area contributed by atoms with E-state index in [1.54, 1.807) is 24.7 Å². The second-order valence-electron chi connectivity index (χ2n) is 4.30. The third kappa shape index (κ3) is 2.47. The molecule has 1 heterocycles. The molecule has 0 aliphatic rings. The molecule has 2 radical (unpaired) electrons. The maximum Gasteiger partial charge on any atom is 0.138 e. The van der Waals surface area contributed by atoms with Crippen molar-refractivity contribution in [1.82, 2.24) is 9.97 Å². The molecule has 4 nitrogen and oxygen atoms in total. The minimum atomic E-state index is 0.116. The lowest BCUT2D eigenvalue weighted by atomic mass is 9.94. The van der Waals surface area contributed by atoms with Crippen molar-refractivity contribution in [3.05, 3.63) is 46.7 Å². The Kier molecular flexibility index (Phi) is 3.32. The van der Waals surface area contributed by atoms with Crippen LogP contribution in [0.1, 0.15) is 5.56 Å². The minimum absolute atomic E-state index is 0.116. The Labute approximate surface area is 125 Å². The van der Waals surface area contributed by atoms with E-state index in [1.165, 1.54) is 0 Å². The molecular weight excluding hydrogens is 317 g/mol. The molecule has 0 aliphatic heterocycles. The molecule has 3 rings (SSSR count). The van der Waals surface area contributed by atoms with Gasteiger partial charge in [-0.05, 0) is 34.1 Å². The first-order valence-electron chi connectivity index (χ1n) is 5.88. The van der Waals surface area contributed by atoms with E-state index >= 15 is 0 Å². The summed E-state index contributed by atoms with van der Waals surface area (Å²) in [5.74, 6) is 0.116. The summed E-state index contributed by atoms with van der Waals surface area (Å²) in [6, 6.07) is 8.94. The zero-order valence-corrected chi connectivity index (χ0v) is 11.9. The number of fused-ring (bicyclic) bond motifs is 1. The maximum absolute atomic E-state index is 9.93. The summed E-state index contributed by atoms with van der Waals surface area (Å²) < 4.78 is 0.544. The number of nitrogens with one attached hydrogen (secondary N) is 1. The Bertz CT molecular complexity index is 813. The highest BCUT2D eigenvalue weighted by atomic mass is 79.9. The van der Waals surface area contributed by atoms with Gasteiger partial charge in [0.05, 0.1) is 27.5 Å². The van der Waals surface area contributed by atoms with E-state index in [0.29, 0.717) is 15.5 Å². The third-order valence-electron chi connectivity index (χ3n) is 2.87. The van der Waals surface area contributed by atoms with E-state index in [-0.39, 0.29) is 5.75 Å². The summed E-state index contributed by atoms with van der Waals surface area (Å²) in [5.41, 5.74) is 3.68. The van der Waals surface area contributed by atoms with Gasteiger partial charge in [-0.3, -0.25) is 4.99 Å². The predicted molar refractivity (Wildman–Crippen MR) is 84.5 cm³/mol. The quantitative estimate of drug-likeness (QED) is 0.562. The lowest BCUT2D eigenvalue weighted by Crippen LogP contribution is -2.03. The summed E-state index contributed by atoms with van der Waals surface area (Å²) in [6.45, 7) is 0. The lowest BCUT2D eigenvalue weighted by Gasteiger charge is -2.03. The number of aliphatic imine (C=N–C) groups is 1. The molecule has 96 valence electrons. The smallest absolute Gasteiger partial charge is 0.138 e. The van der Waals surface area contributed by atoms with Crippen LogP contribution in [0.2, 0.25) is 0 Å². The van der Waals surface area contributed by atoms with E-state index in [2.05, 4.69) is 30.9 Å². The minimum Gasteiger partial charge on any atom is -0.506 e. The van der Waals surface area contributed by atoms with Gasteiger partial charge in [0.15, 0.2) is 0 Å². The number of hydrogen-bond donors (Lipinski definition) is 2. The molecule has 0 saturated heterocycles. The second kappa shape index (κ2) is 5.13. The number of aromatic nitrogens is 2. The molecule has 3 aromatic rings. The number of aromatic hydroxyl groups is 1. The maximum atomic E-state index is 9.93. The summed E-state index contributed by atoms with van der Waals surface area (Å²) in [7, 11) is 5.74. The molecular formula is C14H9BBrN3O. The van der Waals surface area contributed by atoms with Gasteiger partial charge in [0.25, 0.3) is 0 Å². The predicted octanol–water partition coefficient (Wildman–Crippen LogP) is 2.58. The standard InChI is InChI=1S/C14H9BBrN3O/c15-9-3-8(14(20)11(16)4-9)6-17-10-1-2-12-13(5-10)19-7-18-12/h1-7,20H,(H,18,19). The lowest BCUT2D eigenvalue weighted by molar-refractivity contribution is 0.471.